The highest BCUT2D eigenvalue weighted by Crippen LogP contribution is 2.32. The molecule has 0 unspecified atom stereocenters. The number of hydrogen-bond donors (Lipinski definition) is 2. The van der Waals surface area contributed by atoms with E-state index in [1.54, 1.807) is 19.2 Å². The molecule has 0 saturated heterocycles. The smallest absolute Gasteiger partial charge is 0.304 e. The standard InChI is InChI=1S/C29H30FN3O4/c1-3-19-6-4-5-7-24(19)25-10-8-22(17-23(25)18-36-2)29-32-28(33-37-29)21-9-11-26(30)20(16-21)12-14-31-15-13-27(34)35/h4-11,16-17,31H,3,12-15,18H2,1-2H3,(H,34,35). The Morgan fingerprint density at radius 2 is 1.76 bits per heavy atom. The van der Waals surface area contributed by atoms with Crippen LogP contribution >= 0.6 is 0 Å². The van der Waals surface area contributed by atoms with E-state index < -0.39 is 5.97 Å². The van der Waals surface area contributed by atoms with Gasteiger partial charge in [0, 0.05) is 24.8 Å². The van der Waals surface area contributed by atoms with Gasteiger partial charge in [-0.3, -0.25) is 4.79 Å². The van der Waals surface area contributed by atoms with Crippen molar-refractivity contribution in [3.8, 4) is 34.0 Å². The Bertz CT molecular complexity index is 1370. The average Bonchev–Trinajstić information content (AvgIpc) is 3.40. The minimum atomic E-state index is -0.872. The Labute approximate surface area is 215 Å². The second-order valence-electron chi connectivity index (χ2n) is 8.69. The molecule has 8 heteroatoms. The second kappa shape index (κ2) is 12.4. The van der Waals surface area contributed by atoms with E-state index in [0.29, 0.717) is 49.0 Å². The summed E-state index contributed by atoms with van der Waals surface area (Å²) in [5.41, 5.74) is 6.45. The number of carbonyl (C=O) groups is 1. The number of aromatic nitrogens is 2. The fourth-order valence-corrected chi connectivity index (χ4v) is 4.26. The zero-order valence-corrected chi connectivity index (χ0v) is 21.0. The number of methoxy groups -OCH3 is 1. The van der Waals surface area contributed by atoms with Crippen LogP contribution in [0.25, 0.3) is 34.0 Å². The zero-order chi connectivity index (χ0) is 26.2. The first-order valence-corrected chi connectivity index (χ1v) is 12.3. The monoisotopic (exact) mass is 503 g/mol. The molecule has 0 aliphatic carbocycles. The van der Waals surface area contributed by atoms with E-state index in [9.17, 15) is 9.18 Å². The van der Waals surface area contributed by atoms with Crippen molar-refractivity contribution in [2.75, 3.05) is 20.2 Å². The number of aryl methyl sites for hydroxylation is 1. The molecule has 0 aliphatic rings. The van der Waals surface area contributed by atoms with Gasteiger partial charge in [-0.2, -0.15) is 4.98 Å². The third-order valence-electron chi connectivity index (χ3n) is 6.16. The second-order valence-corrected chi connectivity index (χ2v) is 8.69. The Morgan fingerprint density at radius 3 is 2.54 bits per heavy atom. The van der Waals surface area contributed by atoms with Crippen LogP contribution in [0.2, 0.25) is 0 Å². The summed E-state index contributed by atoms with van der Waals surface area (Å²) in [4.78, 5) is 15.2. The fourth-order valence-electron chi connectivity index (χ4n) is 4.26. The van der Waals surface area contributed by atoms with E-state index in [1.165, 1.54) is 17.2 Å². The van der Waals surface area contributed by atoms with Gasteiger partial charge in [-0.25, -0.2) is 4.39 Å². The third kappa shape index (κ3) is 6.47. The summed E-state index contributed by atoms with van der Waals surface area (Å²) in [5, 5.41) is 15.9. The summed E-state index contributed by atoms with van der Waals surface area (Å²) in [7, 11) is 1.67. The summed E-state index contributed by atoms with van der Waals surface area (Å²) < 4.78 is 25.4. The molecule has 37 heavy (non-hydrogen) atoms. The predicted molar refractivity (Wildman–Crippen MR) is 139 cm³/mol. The van der Waals surface area contributed by atoms with Crippen LogP contribution in [-0.2, 0) is 29.0 Å². The van der Waals surface area contributed by atoms with E-state index in [0.717, 1.165) is 23.1 Å². The van der Waals surface area contributed by atoms with E-state index in [4.69, 9.17) is 14.4 Å². The number of aliphatic carboxylic acids is 1. The van der Waals surface area contributed by atoms with Crippen LogP contribution in [0.4, 0.5) is 4.39 Å². The van der Waals surface area contributed by atoms with Crippen molar-refractivity contribution in [3.63, 3.8) is 0 Å². The largest absolute Gasteiger partial charge is 0.481 e. The molecule has 0 saturated carbocycles. The Balaban J connectivity index is 1.56. The van der Waals surface area contributed by atoms with Gasteiger partial charge in [0.25, 0.3) is 5.89 Å². The fraction of sp³-hybridized carbons (Fsp3) is 0.276. The van der Waals surface area contributed by atoms with Crippen LogP contribution in [0, 0.1) is 5.82 Å². The first-order chi connectivity index (χ1) is 18.0. The van der Waals surface area contributed by atoms with Crippen molar-refractivity contribution in [1.82, 2.24) is 15.5 Å². The minimum Gasteiger partial charge on any atom is -0.481 e. The van der Waals surface area contributed by atoms with Crippen LogP contribution in [0.15, 0.2) is 65.2 Å². The van der Waals surface area contributed by atoms with Gasteiger partial charge in [-0.05, 0) is 77.5 Å². The number of nitrogens with one attached hydrogen (secondary N) is 1. The molecule has 1 aromatic heterocycles. The number of hydrogen-bond acceptors (Lipinski definition) is 6. The number of rotatable bonds is 12. The molecular weight excluding hydrogens is 473 g/mol. The van der Waals surface area contributed by atoms with E-state index in [-0.39, 0.29) is 12.2 Å². The summed E-state index contributed by atoms with van der Waals surface area (Å²) in [6.45, 7) is 3.36. The zero-order valence-electron chi connectivity index (χ0n) is 21.0. The highest BCUT2D eigenvalue weighted by atomic mass is 19.1. The number of halogens is 1. The van der Waals surface area contributed by atoms with Crippen molar-refractivity contribution >= 4 is 5.97 Å². The van der Waals surface area contributed by atoms with Crippen LogP contribution < -0.4 is 5.32 Å². The molecule has 7 nitrogen and oxygen atoms in total. The molecule has 2 N–H and O–H groups in total. The van der Waals surface area contributed by atoms with Gasteiger partial charge in [0.15, 0.2) is 0 Å². The third-order valence-corrected chi connectivity index (χ3v) is 6.16. The molecule has 192 valence electrons. The molecule has 0 aliphatic heterocycles. The number of ether oxygens (including phenoxy) is 1. The maximum Gasteiger partial charge on any atom is 0.304 e. The van der Waals surface area contributed by atoms with Gasteiger partial charge in [0.1, 0.15) is 5.82 Å². The average molecular weight is 504 g/mol. The summed E-state index contributed by atoms with van der Waals surface area (Å²) in [6.07, 6.45) is 1.35. The molecule has 4 rings (SSSR count). The van der Waals surface area contributed by atoms with E-state index >= 15 is 0 Å². The molecule has 0 radical (unpaired) electrons. The van der Waals surface area contributed by atoms with Gasteiger partial charge < -0.3 is 19.7 Å². The van der Waals surface area contributed by atoms with Crippen molar-refractivity contribution < 1.29 is 23.6 Å². The summed E-state index contributed by atoms with van der Waals surface area (Å²) in [6, 6.07) is 19.0. The van der Waals surface area contributed by atoms with Gasteiger partial charge in [0.05, 0.1) is 13.0 Å². The summed E-state index contributed by atoms with van der Waals surface area (Å²) >= 11 is 0. The normalized spacial score (nSPS) is 11.1. The quantitative estimate of drug-likeness (QED) is 0.246. The highest BCUT2D eigenvalue weighted by molar-refractivity contribution is 5.74. The molecule has 3 aromatic carbocycles. The lowest BCUT2D eigenvalue weighted by atomic mass is 9.93. The van der Waals surface area contributed by atoms with Gasteiger partial charge in [0.2, 0.25) is 5.82 Å². The number of benzene rings is 3. The first-order valence-electron chi connectivity index (χ1n) is 12.3. The molecule has 0 fully saturated rings. The van der Waals surface area contributed by atoms with Crippen molar-refractivity contribution in [2.45, 2.75) is 32.8 Å². The summed E-state index contributed by atoms with van der Waals surface area (Å²) in [5.74, 6) is -0.476. The highest BCUT2D eigenvalue weighted by Gasteiger charge is 2.16. The molecule has 1 heterocycles. The Kier molecular flexibility index (Phi) is 8.77. The molecule has 0 atom stereocenters. The first kappa shape index (κ1) is 26.2. The van der Waals surface area contributed by atoms with Crippen molar-refractivity contribution in [2.24, 2.45) is 0 Å². The van der Waals surface area contributed by atoms with E-state index in [2.05, 4.69) is 40.6 Å². The topological polar surface area (TPSA) is 97.5 Å². The van der Waals surface area contributed by atoms with Crippen molar-refractivity contribution in [3.05, 3.63) is 83.2 Å². The van der Waals surface area contributed by atoms with Crippen LogP contribution in [0.5, 0.6) is 0 Å². The maximum absolute atomic E-state index is 14.3. The Hall–Kier alpha value is -3.88. The minimum absolute atomic E-state index is 0.0202. The van der Waals surface area contributed by atoms with Crippen molar-refractivity contribution in [1.29, 1.82) is 0 Å². The number of carboxylic acids is 1. The van der Waals surface area contributed by atoms with Crippen LogP contribution in [-0.4, -0.2) is 41.4 Å². The lowest BCUT2D eigenvalue weighted by molar-refractivity contribution is -0.136. The lowest BCUT2D eigenvalue weighted by Gasteiger charge is -2.13. The molecule has 0 spiro atoms. The number of nitrogens with zero attached hydrogens (tertiary/aromatic N) is 2. The van der Waals surface area contributed by atoms with Crippen LogP contribution in [0.1, 0.15) is 30.0 Å². The van der Waals surface area contributed by atoms with Gasteiger partial charge >= 0.3 is 5.97 Å². The van der Waals surface area contributed by atoms with Gasteiger partial charge in [-0.1, -0.05) is 42.4 Å². The predicted octanol–water partition coefficient (Wildman–Crippen LogP) is 5.53. The van der Waals surface area contributed by atoms with Gasteiger partial charge in [-0.15, -0.1) is 0 Å². The van der Waals surface area contributed by atoms with E-state index in [1.807, 2.05) is 24.3 Å². The molecule has 0 bridgehead atoms. The number of carboxylic acid groups (broad SMARTS) is 1. The Morgan fingerprint density at radius 1 is 1.00 bits per heavy atom. The van der Waals surface area contributed by atoms with Crippen LogP contribution in [0.3, 0.4) is 0 Å². The molecule has 0 amide bonds. The molecular formula is C29H30FN3O4. The SMILES string of the molecule is CCc1ccccc1-c1ccc(-c2nc(-c3ccc(F)c(CCNCCC(=O)O)c3)no2)cc1COC. The lowest BCUT2D eigenvalue weighted by Crippen LogP contribution is -2.21. The molecule has 4 aromatic rings. The maximum atomic E-state index is 14.3.